The molecular formula is C12H18O2S2. The third-order valence-corrected chi connectivity index (χ3v) is 5.77. The van der Waals surface area contributed by atoms with E-state index in [0.29, 0.717) is 12.2 Å². The van der Waals surface area contributed by atoms with E-state index in [1.54, 1.807) is 0 Å². The maximum atomic E-state index is 12.0. The molecule has 0 unspecified atom stereocenters. The van der Waals surface area contributed by atoms with Gasteiger partial charge in [0.15, 0.2) is 0 Å². The average Bonchev–Trinajstić information content (AvgIpc) is 2.38. The summed E-state index contributed by atoms with van der Waals surface area (Å²) < 4.78 is 0. The summed E-state index contributed by atoms with van der Waals surface area (Å²) in [6.45, 7) is 1.95. The molecular weight excluding hydrogens is 240 g/mol. The number of thiol groups is 1. The van der Waals surface area contributed by atoms with Crippen LogP contribution in [-0.4, -0.2) is 10.9 Å². The Hall–Kier alpha value is 0.0400. The number of rotatable bonds is 3. The molecule has 2 nitrogen and oxygen atoms in total. The SMILES string of the molecule is CCC(=O)C12CCC(C(=O)SS)(CC1)CC2. The zero-order valence-electron chi connectivity index (χ0n) is 9.62. The van der Waals surface area contributed by atoms with Crippen molar-refractivity contribution in [2.45, 2.75) is 51.9 Å². The van der Waals surface area contributed by atoms with E-state index in [4.69, 9.17) is 0 Å². The van der Waals surface area contributed by atoms with Gasteiger partial charge in [0.1, 0.15) is 5.78 Å². The molecule has 0 atom stereocenters. The molecule has 0 aromatic carbocycles. The van der Waals surface area contributed by atoms with Gasteiger partial charge in [-0.25, -0.2) is 0 Å². The summed E-state index contributed by atoms with van der Waals surface area (Å²) in [4.78, 5) is 23.9. The molecule has 0 saturated heterocycles. The van der Waals surface area contributed by atoms with E-state index in [1.165, 1.54) is 0 Å². The number of carbonyl (C=O) groups is 2. The molecule has 0 amide bonds. The van der Waals surface area contributed by atoms with Crippen molar-refractivity contribution >= 4 is 33.4 Å². The van der Waals surface area contributed by atoms with Gasteiger partial charge in [-0.15, -0.1) is 11.7 Å². The van der Waals surface area contributed by atoms with Crippen LogP contribution in [0.3, 0.4) is 0 Å². The molecule has 0 aromatic rings. The molecule has 3 fully saturated rings. The molecule has 4 heteroatoms. The van der Waals surface area contributed by atoms with Crippen molar-refractivity contribution in [1.82, 2.24) is 0 Å². The first kappa shape index (κ1) is 12.5. The van der Waals surface area contributed by atoms with Crippen molar-refractivity contribution in [3.63, 3.8) is 0 Å². The summed E-state index contributed by atoms with van der Waals surface area (Å²) in [5, 5.41) is 0.216. The van der Waals surface area contributed by atoms with Crippen LogP contribution >= 0.6 is 22.5 Å². The first-order chi connectivity index (χ1) is 7.58. The Kier molecular flexibility index (Phi) is 3.41. The van der Waals surface area contributed by atoms with E-state index < -0.39 is 0 Å². The maximum Gasteiger partial charge on any atom is 0.205 e. The van der Waals surface area contributed by atoms with Crippen LogP contribution in [0.25, 0.3) is 0 Å². The molecule has 0 heterocycles. The molecule has 3 rings (SSSR count). The Bertz CT molecular complexity index is 268. The topological polar surface area (TPSA) is 34.1 Å². The zero-order chi connectivity index (χ0) is 11.8. The minimum Gasteiger partial charge on any atom is -0.299 e. The van der Waals surface area contributed by atoms with Gasteiger partial charge in [0.25, 0.3) is 0 Å². The Balaban J connectivity index is 2.14. The summed E-state index contributed by atoms with van der Waals surface area (Å²) in [5.74, 6) is 0.409. The van der Waals surface area contributed by atoms with Gasteiger partial charge in [-0.3, -0.25) is 9.59 Å². The second-order valence-corrected chi connectivity index (χ2v) is 6.32. The van der Waals surface area contributed by atoms with Gasteiger partial charge in [0, 0.05) is 17.3 Å². The Morgan fingerprint density at radius 3 is 1.88 bits per heavy atom. The van der Waals surface area contributed by atoms with E-state index >= 15 is 0 Å². The standard InChI is InChI=1S/C12H18O2S2/c1-2-9(13)11-3-6-12(7-4-11,8-5-11)10(14)16-15/h15H,2-8H2,1H3. The van der Waals surface area contributed by atoms with Gasteiger partial charge in [0.2, 0.25) is 5.12 Å². The lowest BCUT2D eigenvalue weighted by atomic mass is 9.52. The first-order valence-electron chi connectivity index (χ1n) is 5.98. The van der Waals surface area contributed by atoms with Crippen LogP contribution in [0.2, 0.25) is 0 Å². The van der Waals surface area contributed by atoms with Crippen LogP contribution in [0.15, 0.2) is 0 Å². The van der Waals surface area contributed by atoms with Crippen LogP contribution in [-0.2, 0) is 9.59 Å². The van der Waals surface area contributed by atoms with E-state index in [-0.39, 0.29) is 15.9 Å². The van der Waals surface area contributed by atoms with Crippen molar-refractivity contribution in [3.8, 4) is 0 Å². The summed E-state index contributed by atoms with van der Waals surface area (Å²) in [6, 6.07) is 0. The lowest BCUT2D eigenvalue weighted by molar-refractivity contribution is -0.143. The van der Waals surface area contributed by atoms with Gasteiger partial charge < -0.3 is 0 Å². The minimum atomic E-state index is -0.151. The summed E-state index contributed by atoms with van der Waals surface area (Å²) in [6.07, 6.45) is 6.07. The molecule has 3 aliphatic rings. The molecule has 3 saturated carbocycles. The lowest BCUT2D eigenvalue weighted by Gasteiger charge is -2.51. The third kappa shape index (κ3) is 1.74. The molecule has 0 aromatic heterocycles. The monoisotopic (exact) mass is 258 g/mol. The Morgan fingerprint density at radius 1 is 1.06 bits per heavy atom. The average molecular weight is 258 g/mol. The number of carbonyl (C=O) groups excluding carboxylic acids is 2. The maximum absolute atomic E-state index is 12.0. The molecule has 16 heavy (non-hydrogen) atoms. The Morgan fingerprint density at radius 2 is 1.50 bits per heavy atom. The number of hydrogen-bond donors (Lipinski definition) is 1. The van der Waals surface area contributed by atoms with Gasteiger partial charge in [-0.1, -0.05) is 6.92 Å². The van der Waals surface area contributed by atoms with Crippen LogP contribution in [0.4, 0.5) is 0 Å². The molecule has 0 radical (unpaired) electrons. The fourth-order valence-electron chi connectivity index (χ4n) is 3.38. The second-order valence-electron chi connectivity index (χ2n) is 5.22. The minimum absolute atomic E-state index is 0.0714. The van der Waals surface area contributed by atoms with Gasteiger partial charge >= 0.3 is 0 Å². The van der Waals surface area contributed by atoms with Crippen LogP contribution in [0.5, 0.6) is 0 Å². The summed E-state index contributed by atoms with van der Waals surface area (Å²) in [7, 11) is 1.06. The number of fused-ring (bicyclic) bond motifs is 3. The van der Waals surface area contributed by atoms with E-state index in [0.717, 1.165) is 49.3 Å². The highest BCUT2D eigenvalue weighted by Crippen LogP contribution is 2.59. The van der Waals surface area contributed by atoms with Crippen LogP contribution in [0, 0.1) is 10.8 Å². The first-order valence-corrected chi connectivity index (χ1v) is 7.85. The van der Waals surface area contributed by atoms with Crippen LogP contribution < -0.4 is 0 Å². The quantitative estimate of drug-likeness (QED) is 0.622. The molecule has 0 spiro atoms. The van der Waals surface area contributed by atoms with Gasteiger partial charge in [-0.05, 0) is 49.3 Å². The van der Waals surface area contributed by atoms with Crippen molar-refractivity contribution in [2.75, 3.05) is 0 Å². The highest BCUT2D eigenvalue weighted by molar-refractivity contribution is 8.74. The fourth-order valence-corrected chi connectivity index (χ4v) is 4.46. The van der Waals surface area contributed by atoms with E-state index in [2.05, 4.69) is 11.7 Å². The molecule has 2 bridgehead atoms. The highest BCUT2D eigenvalue weighted by atomic mass is 33.1. The zero-order valence-corrected chi connectivity index (χ0v) is 11.3. The smallest absolute Gasteiger partial charge is 0.205 e. The van der Waals surface area contributed by atoms with Gasteiger partial charge in [-0.2, -0.15) is 0 Å². The number of hydrogen-bond acceptors (Lipinski definition) is 4. The van der Waals surface area contributed by atoms with Crippen molar-refractivity contribution in [2.24, 2.45) is 10.8 Å². The summed E-state index contributed by atoms with van der Waals surface area (Å²) in [5.41, 5.74) is -0.222. The van der Waals surface area contributed by atoms with Crippen LogP contribution in [0.1, 0.15) is 51.9 Å². The van der Waals surface area contributed by atoms with Gasteiger partial charge in [0.05, 0.1) is 0 Å². The largest absolute Gasteiger partial charge is 0.299 e. The predicted octanol–water partition coefficient (Wildman–Crippen LogP) is 3.41. The molecule has 0 aliphatic heterocycles. The highest BCUT2D eigenvalue weighted by Gasteiger charge is 2.54. The van der Waals surface area contributed by atoms with E-state index in [1.807, 2.05) is 6.92 Å². The predicted molar refractivity (Wildman–Crippen MR) is 69.5 cm³/mol. The normalized spacial score (nSPS) is 37.4. The fraction of sp³-hybridized carbons (Fsp3) is 0.833. The van der Waals surface area contributed by atoms with Crippen molar-refractivity contribution < 1.29 is 9.59 Å². The summed E-state index contributed by atoms with van der Waals surface area (Å²) >= 11 is 4.03. The molecule has 90 valence electrons. The lowest BCUT2D eigenvalue weighted by Crippen LogP contribution is -2.48. The van der Waals surface area contributed by atoms with E-state index in [9.17, 15) is 9.59 Å². The number of ketones is 1. The third-order valence-electron chi connectivity index (χ3n) is 4.67. The van der Waals surface area contributed by atoms with Crippen molar-refractivity contribution in [3.05, 3.63) is 0 Å². The molecule has 3 aliphatic carbocycles. The number of Topliss-reactive ketones (excluding diaryl/α,β-unsaturated/α-hetero) is 1. The second kappa shape index (κ2) is 4.37. The van der Waals surface area contributed by atoms with Crippen molar-refractivity contribution in [1.29, 1.82) is 0 Å². The Labute approximate surface area is 106 Å². The molecule has 0 N–H and O–H groups in total.